The Kier molecular flexibility index (Phi) is 8.76. The van der Waals surface area contributed by atoms with Crippen molar-refractivity contribution in [2.75, 3.05) is 18.4 Å². The van der Waals surface area contributed by atoms with Crippen LogP contribution in [0, 0.1) is 0 Å². The van der Waals surface area contributed by atoms with Gasteiger partial charge in [0.05, 0.1) is 0 Å². The van der Waals surface area contributed by atoms with E-state index in [1.54, 1.807) is 0 Å². The first-order chi connectivity index (χ1) is 13.2. The molecule has 5 nitrogen and oxygen atoms in total. The van der Waals surface area contributed by atoms with Crippen LogP contribution < -0.4 is 11.1 Å². The molecule has 3 N–H and O–H groups in total. The molecule has 0 radical (unpaired) electrons. The third kappa shape index (κ3) is 6.22. The summed E-state index contributed by atoms with van der Waals surface area (Å²) in [5.41, 5.74) is 10.8. The number of carbonyl (C=O) groups excluding carboxylic acids is 1. The van der Waals surface area contributed by atoms with Crippen LogP contribution in [0.4, 0.5) is 5.69 Å². The highest BCUT2D eigenvalue weighted by Crippen LogP contribution is 2.19. The van der Waals surface area contributed by atoms with Gasteiger partial charge in [-0.25, -0.2) is 0 Å². The number of nitrogens with zero attached hydrogens (tertiary/aromatic N) is 2. The highest BCUT2D eigenvalue weighted by molar-refractivity contribution is 14.0. The molecule has 0 saturated carbocycles. The number of anilines is 1. The minimum Gasteiger partial charge on any atom is -0.370 e. The zero-order chi connectivity index (χ0) is 19.1. The SMILES string of the molecule is CCc1ccc(NC(N)=NCCCC(=O)N2CCc3ccccc3C2)cc1.I. The van der Waals surface area contributed by atoms with E-state index in [1.807, 2.05) is 23.1 Å². The predicted octanol–water partition coefficient (Wildman–Crippen LogP) is 3.96. The molecule has 0 unspecified atom stereocenters. The number of benzene rings is 2. The van der Waals surface area contributed by atoms with E-state index in [1.165, 1.54) is 16.7 Å². The quantitative estimate of drug-likeness (QED) is 0.278. The van der Waals surface area contributed by atoms with Gasteiger partial charge in [0.15, 0.2) is 5.96 Å². The lowest BCUT2D eigenvalue weighted by Gasteiger charge is -2.28. The number of aliphatic imine (C=N–C) groups is 1. The van der Waals surface area contributed by atoms with Crippen molar-refractivity contribution in [2.45, 2.75) is 39.2 Å². The van der Waals surface area contributed by atoms with E-state index in [4.69, 9.17) is 5.73 Å². The Hall–Kier alpha value is -2.09. The Morgan fingerprint density at radius 3 is 2.57 bits per heavy atom. The second kappa shape index (κ2) is 11.0. The molecule has 1 amide bonds. The molecule has 2 aromatic carbocycles. The fourth-order valence-corrected chi connectivity index (χ4v) is 3.31. The molecule has 0 fully saturated rings. The molecule has 150 valence electrons. The molecule has 1 aliphatic heterocycles. The number of halogens is 1. The van der Waals surface area contributed by atoms with E-state index in [-0.39, 0.29) is 29.9 Å². The Balaban J connectivity index is 0.00000280. The monoisotopic (exact) mass is 492 g/mol. The van der Waals surface area contributed by atoms with Crippen LogP contribution in [0.25, 0.3) is 0 Å². The first-order valence-electron chi connectivity index (χ1n) is 9.66. The van der Waals surface area contributed by atoms with Gasteiger partial charge in [0.2, 0.25) is 5.91 Å². The lowest BCUT2D eigenvalue weighted by Crippen LogP contribution is -2.35. The Morgan fingerprint density at radius 2 is 1.86 bits per heavy atom. The summed E-state index contributed by atoms with van der Waals surface area (Å²) in [4.78, 5) is 18.7. The van der Waals surface area contributed by atoms with Crippen molar-refractivity contribution in [3.8, 4) is 0 Å². The van der Waals surface area contributed by atoms with Crippen molar-refractivity contribution < 1.29 is 4.79 Å². The van der Waals surface area contributed by atoms with Gasteiger partial charge in [0.25, 0.3) is 0 Å². The molecular formula is C22H29IN4O. The summed E-state index contributed by atoms with van der Waals surface area (Å²) in [6.07, 6.45) is 3.16. The molecule has 28 heavy (non-hydrogen) atoms. The molecule has 0 atom stereocenters. The Morgan fingerprint density at radius 1 is 1.14 bits per heavy atom. The number of hydrogen-bond donors (Lipinski definition) is 2. The second-order valence-electron chi connectivity index (χ2n) is 6.88. The van der Waals surface area contributed by atoms with Crippen LogP contribution in [-0.2, 0) is 24.2 Å². The smallest absolute Gasteiger partial charge is 0.222 e. The number of rotatable bonds is 6. The molecule has 2 aromatic rings. The van der Waals surface area contributed by atoms with Gasteiger partial charge in [-0.05, 0) is 48.1 Å². The van der Waals surface area contributed by atoms with Crippen molar-refractivity contribution in [3.63, 3.8) is 0 Å². The number of nitrogens with two attached hydrogens (primary N) is 1. The minimum atomic E-state index is 0. The average molecular weight is 492 g/mol. The zero-order valence-electron chi connectivity index (χ0n) is 16.4. The minimum absolute atomic E-state index is 0. The predicted molar refractivity (Wildman–Crippen MR) is 126 cm³/mol. The largest absolute Gasteiger partial charge is 0.370 e. The van der Waals surface area contributed by atoms with Gasteiger partial charge in [-0.15, -0.1) is 24.0 Å². The number of hydrogen-bond acceptors (Lipinski definition) is 2. The first kappa shape index (κ1) is 22.2. The maximum Gasteiger partial charge on any atom is 0.222 e. The van der Waals surface area contributed by atoms with Gasteiger partial charge in [0, 0.05) is 31.7 Å². The van der Waals surface area contributed by atoms with Crippen LogP contribution in [0.1, 0.15) is 36.5 Å². The van der Waals surface area contributed by atoms with Crippen LogP contribution in [0.15, 0.2) is 53.5 Å². The normalized spacial score (nSPS) is 13.5. The summed E-state index contributed by atoms with van der Waals surface area (Å²) in [6.45, 7) is 4.19. The fourth-order valence-electron chi connectivity index (χ4n) is 3.31. The zero-order valence-corrected chi connectivity index (χ0v) is 18.7. The van der Waals surface area contributed by atoms with E-state index >= 15 is 0 Å². The maximum atomic E-state index is 12.4. The molecule has 1 aliphatic rings. The topological polar surface area (TPSA) is 70.7 Å². The number of guanidine groups is 1. The van der Waals surface area contributed by atoms with Crippen molar-refractivity contribution >= 4 is 41.5 Å². The van der Waals surface area contributed by atoms with Crippen LogP contribution in [0.5, 0.6) is 0 Å². The van der Waals surface area contributed by atoms with Crippen molar-refractivity contribution in [2.24, 2.45) is 10.7 Å². The van der Waals surface area contributed by atoms with Crippen LogP contribution in [0.3, 0.4) is 0 Å². The highest BCUT2D eigenvalue weighted by Gasteiger charge is 2.19. The number of aryl methyl sites for hydroxylation is 1. The molecule has 6 heteroatoms. The number of amides is 1. The summed E-state index contributed by atoms with van der Waals surface area (Å²) < 4.78 is 0. The van der Waals surface area contributed by atoms with Gasteiger partial charge < -0.3 is 16.0 Å². The summed E-state index contributed by atoms with van der Waals surface area (Å²) in [6, 6.07) is 16.5. The highest BCUT2D eigenvalue weighted by atomic mass is 127. The van der Waals surface area contributed by atoms with Crippen LogP contribution in [0.2, 0.25) is 0 Å². The molecule has 1 heterocycles. The van der Waals surface area contributed by atoms with Gasteiger partial charge >= 0.3 is 0 Å². The van der Waals surface area contributed by atoms with E-state index in [0.29, 0.717) is 25.3 Å². The van der Waals surface area contributed by atoms with Crippen molar-refractivity contribution in [1.82, 2.24) is 4.90 Å². The third-order valence-electron chi connectivity index (χ3n) is 4.95. The number of carbonyl (C=O) groups is 1. The Bertz CT molecular complexity index is 804. The average Bonchev–Trinajstić information content (AvgIpc) is 2.71. The summed E-state index contributed by atoms with van der Waals surface area (Å²) in [7, 11) is 0. The molecule has 0 aliphatic carbocycles. The molecule has 0 bridgehead atoms. The van der Waals surface area contributed by atoms with Gasteiger partial charge in [-0.3, -0.25) is 9.79 Å². The maximum absolute atomic E-state index is 12.4. The van der Waals surface area contributed by atoms with E-state index < -0.39 is 0 Å². The standard InChI is InChI=1S/C22H28N4O.HI/c1-2-17-9-11-20(12-10-17)25-22(23)24-14-5-8-21(27)26-15-13-18-6-3-4-7-19(18)16-26;/h3-4,6-7,9-12H,2,5,8,13-16H2,1H3,(H3,23,24,25);1H. The van der Waals surface area contributed by atoms with E-state index in [9.17, 15) is 4.79 Å². The number of nitrogens with one attached hydrogen (secondary N) is 1. The molecule has 0 saturated heterocycles. The molecular weight excluding hydrogens is 463 g/mol. The molecule has 0 spiro atoms. The van der Waals surface area contributed by atoms with E-state index in [0.717, 1.165) is 31.6 Å². The summed E-state index contributed by atoms with van der Waals surface area (Å²) in [5, 5.41) is 3.09. The lowest BCUT2D eigenvalue weighted by molar-refractivity contribution is -0.132. The third-order valence-corrected chi connectivity index (χ3v) is 4.95. The van der Waals surface area contributed by atoms with Gasteiger partial charge in [0.1, 0.15) is 0 Å². The summed E-state index contributed by atoms with van der Waals surface area (Å²) in [5.74, 6) is 0.583. The van der Waals surface area contributed by atoms with Gasteiger partial charge in [-0.2, -0.15) is 0 Å². The van der Waals surface area contributed by atoms with E-state index in [2.05, 4.69) is 47.6 Å². The van der Waals surface area contributed by atoms with Crippen molar-refractivity contribution in [1.29, 1.82) is 0 Å². The fraction of sp³-hybridized carbons (Fsp3) is 0.364. The lowest BCUT2D eigenvalue weighted by atomic mass is 9.99. The molecule has 3 rings (SSSR count). The Labute approximate surface area is 184 Å². The second-order valence-corrected chi connectivity index (χ2v) is 6.88. The van der Waals surface area contributed by atoms with Crippen molar-refractivity contribution in [3.05, 3.63) is 65.2 Å². The van der Waals surface area contributed by atoms with Crippen LogP contribution >= 0.6 is 24.0 Å². The number of fused-ring (bicyclic) bond motifs is 1. The summed E-state index contributed by atoms with van der Waals surface area (Å²) >= 11 is 0. The molecule has 0 aromatic heterocycles. The van der Waals surface area contributed by atoms with Gasteiger partial charge in [-0.1, -0.05) is 43.3 Å². The van der Waals surface area contributed by atoms with Crippen LogP contribution in [-0.4, -0.2) is 29.9 Å². The first-order valence-corrected chi connectivity index (χ1v) is 9.66.